The second-order valence-electron chi connectivity index (χ2n) is 30.9. The summed E-state index contributed by atoms with van der Waals surface area (Å²) >= 11 is 55.8. The topological polar surface area (TPSA) is 513 Å². The SMILES string of the molecule is CC[C@H]1OC(OC(C)=O)[C@H](OC(C)=O)[C@@H]1C.CC[C@H]1O[C@@H](n2cnc3c(Cl)nc(Cl)cc32)[C@H](OC(C)=O)[C@@H]1C.C[Si](C)(C)C.Clc1cc2[nH]cnc2c(Cl)n1.O=P(Cl)(Cl)CP(=O)(Cl)Cl.O=P(O)(O)CP(=O)(O)OC[C@H]1O[C@@H](n2cnc3c(NC4CCCC4)nc(Cl)cc32)[C@H](O)[C@@H]1O.OC[C@H]1O[C@@H](n2cnc3c(NC4CCCC4)nc(Cl)cc32)[C@H](O)[C@@H]1O. The van der Waals surface area contributed by atoms with Gasteiger partial charge < -0.3 is 103 Å². The normalized spacial score (nSPS) is 26.0. The third kappa shape index (κ3) is 29.8. The van der Waals surface area contributed by atoms with Crippen LogP contribution in [-0.2, 0) is 70.3 Å². The van der Waals surface area contributed by atoms with Gasteiger partial charge in [0.25, 0.3) is 11.7 Å². The summed E-state index contributed by atoms with van der Waals surface area (Å²) < 4.78 is 91.8. The Labute approximate surface area is 751 Å². The van der Waals surface area contributed by atoms with E-state index in [-0.39, 0.29) is 58.1 Å². The molecule has 2 unspecified atom stereocenters. The van der Waals surface area contributed by atoms with Gasteiger partial charge >= 0.3 is 33.1 Å². The minimum atomic E-state index is -4.80. The Bertz CT molecular complexity index is 5050. The number of aromatic amines is 1. The van der Waals surface area contributed by atoms with Gasteiger partial charge in [-0.1, -0.05) is 149 Å². The first-order valence-electron chi connectivity index (χ1n) is 38.2. The van der Waals surface area contributed by atoms with Gasteiger partial charge in [0, 0.05) is 77.0 Å². The van der Waals surface area contributed by atoms with Gasteiger partial charge in [0.05, 0.1) is 72.8 Å². The van der Waals surface area contributed by atoms with Crippen LogP contribution in [0.2, 0.25) is 57.1 Å². The summed E-state index contributed by atoms with van der Waals surface area (Å²) in [6.07, 6.45) is 4.95. The Morgan fingerprint density at radius 3 is 1.34 bits per heavy atom. The van der Waals surface area contributed by atoms with E-state index in [0.717, 1.165) is 56.9 Å². The molecule has 8 aromatic rings. The van der Waals surface area contributed by atoms with Crippen LogP contribution in [0.25, 0.3) is 44.1 Å². The summed E-state index contributed by atoms with van der Waals surface area (Å²) in [5.74, 6) is -8.62. The number of rotatable bonds is 20. The van der Waals surface area contributed by atoms with E-state index in [4.69, 9.17) is 162 Å². The molecule has 4 saturated heterocycles. The van der Waals surface area contributed by atoms with Gasteiger partial charge in [-0.2, -0.15) is 0 Å². The van der Waals surface area contributed by atoms with Gasteiger partial charge in [-0.05, 0) is 83.5 Å². The maximum atomic E-state index is 11.9. The van der Waals surface area contributed by atoms with Crippen LogP contribution < -0.4 is 10.6 Å². The number of nitrogens with zero attached hydrogens (tertiary/aromatic N) is 11. The van der Waals surface area contributed by atoms with E-state index in [2.05, 4.69) is 81.7 Å². The molecule has 12 heterocycles. The molecule has 2 aliphatic carbocycles. The third-order valence-electron chi connectivity index (χ3n) is 19.2. The molecule has 680 valence electrons. The predicted molar refractivity (Wildman–Crippen MR) is 467 cm³/mol. The molecule has 0 bridgehead atoms. The summed E-state index contributed by atoms with van der Waals surface area (Å²) in [6, 6.07) is 7.15. The molecule has 0 radical (unpaired) electrons. The van der Waals surface area contributed by atoms with Crippen LogP contribution in [0.15, 0.2) is 49.6 Å². The standard InChI is InChI=1S/C17H25ClN4O9P2.C16H21ClN4O4.C15H17Cl2N3O3.C11H18O5.C6H3Cl2N3.C4H12Si.CH2Cl4O2P2/c18-12-5-10-13(16(21-12)20-9-3-1-2-4-9)19-7-22(10)17-15(24)14(23)11(31-17)6-30-33(28,29)8-32(25,26)27;17-11-5-9-12(15(20-11)19-8-3-1-2-4-8)18-7-21(9)16-14(24)13(23)10(6-22)25-16;1-4-10-7(2)13(22-8(3)21)15(23-10)20-6-18-12-9(20)5-11(16)19-14(12)17;1-5-9-6(2)10(14-7(3)12)11(16-9)15-8(4)13;7-4-1-3-5(6(8)11-4)10-2-9-3;1-5(2,3)4;2-8(3,6)1-9(4,5)7/h5,7,9,11,14-15,17,23-24H,1-4,6,8H2,(H,20,21)(H,28,29)(H2,25,26,27);5,7-8,10,13-14,16,22-24H,1-4,6H2,(H,19,20);5-7,10,13,15H,4H2,1-3H3;6,9-11H,5H2,1-4H3;1-2H,(H,9,10);1-4H3;1H2/t11-,14-,15-,17-;10-,13-,14-,16-;7-,10-,13-,15-;6-,9-,10-,11?;;;/m1111.../s1. The third-order valence-corrected chi connectivity index (χ3v) is 30.4. The number of esters is 3. The van der Waals surface area contributed by atoms with E-state index >= 15 is 0 Å². The van der Waals surface area contributed by atoms with Gasteiger partial charge in [0.15, 0.2) is 58.7 Å². The van der Waals surface area contributed by atoms with E-state index < -0.39 is 139 Å². The van der Waals surface area contributed by atoms with Crippen molar-refractivity contribution in [3.8, 4) is 0 Å². The smallest absolute Gasteiger partial charge is 0.340 e. The molecule has 0 aromatic carbocycles. The van der Waals surface area contributed by atoms with Crippen LogP contribution in [0.1, 0.15) is 131 Å². The van der Waals surface area contributed by atoms with E-state index in [1.165, 1.54) is 56.9 Å². The molecule has 4 aliphatic heterocycles. The lowest BCUT2D eigenvalue weighted by molar-refractivity contribution is -0.194. The fourth-order valence-electron chi connectivity index (χ4n) is 13.9. The van der Waals surface area contributed by atoms with Gasteiger partial charge in [-0.25, -0.2) is 39.9 Å². The predicted octanol–water partition coefficient (Wildman–Crippen LogP) is 15.8. The van der Waals surface area contributed by atoms with Crippen molar-refractivity contribution < 1.29 is 111 Å². The zero-order chi connectivity index (χ0) is 90.6. The maximum Gasteiger partial charge on any atom is 0.340 e. The van der Waals surface area contributed by atoms with Crippen molar-refractivity contribution in [1.82, 2.24) is 58.6 Å². The fourth-order valence-corrected chi connectivity index (χ4v) is 26.7. The summed E-state index contributed by atoms with van der Waals surface area (Å²) in [6.45, 7) is 20.2. The first-order chi connectivity index (χ1) is 56.9. The Balaban J connectivity index is 0.000000188. The van der Waals surface area contributed by atoms with Gasteiger partial charge in [-0.3, -0.25) is 37.2 Å². The Kier molecular flexibility index (Phi) is 38.2. The molecule has 52 heteroatoms. The van der Waals surface area contributed by atoms with Crippen molar-refractivity contribution in [2.24, 2.45) is 11.8 Å². The number of hydrogen-bond donors (Lipinski definition) is 11. The van der Waals surface area contributed by atoms with Crippen LogP contribution in [0.5, 0.6) is 0 Å². The minimum Gasteiger partial charge on any atom is -0.457 e. The average Bonchev–Trinajstić information content (AvgIpc) is 1.63. The molecule has 11 N–H and O–H groups in total. The van der Waals surface area contributed by atoms with Crippen LogP contribution >= 0.6 is 141 Å². The second kappa shape index (κ2) is 45.0. The van der Waals surface area contributed by atoms with Gasteiger partial charge in [-0.15, -0.1) is 0 Å². The molecule has 6 aliphatic rings. The van der Waals surface area contributed by atoms with Gasteiger partial charge in [0.1, 0.15) is 85.2 Å². The zero-order valence-electron chi connectivity index (χ0n) is 67.6. The van der Waals surface area contributed by atoms with Crippen molar-refractivity contribution in [2.75, 3.05) is 35.7 Å². The van der Waals surface area contributed by atoms with E-state index in [1.807, 2.05) is 27.7 Å². The molecule has 0 amide bonds. The number of hydrogen-bond acceptors (Lipinski definition) is 30. The number of carbonyl (C=O) groups excluding carboxylic acids is 3. The number of ether oxygens (including phenoxy) is 7. The molecular weight excluding hydrogens is 1910 g/mol. The Morgan fingerprint density at radius 1 is 0.525 bits per heavy atom. The quantitative estimate of drug-likeness (QED) is 0.0111. The number of H-pyrrole nitrogens is 1. The minimum absolute atomic E-state index is 0.00502. The van der Waals surface area contributed by atoms with Crippen molar-refractivity contribution >= 4 is 223 Å². The zero-order valence-corrected chi connectivity index (χ0v) is 79.7. The lowest BCUT2D eigenvalue weighted by Crippen LogP contribution is -2.33. The van der Waals surface area contributed by atoms with Crippen LogP contribution in [0.3, 0.4) is 0 Å². The number of nitrogens with one attached hydrogen (secondary N) is 3. The first kappa shape index (κ1) is 103. The highest BCUT2D eigenvalue weighted by atomic mass is 35.9. The molecule has 8 aromatic heterocycles. The molecule has 14 rings (SSSR count). The highest BCUT2D eigenvalue weighted by molar-refractivity contribution is 8.21. The van der Waals surface area contributed by atoms with Crippen molar-refractivity contribution in [1.29, 1.82) is 0 Å². The van der Waals surface area contributed by atoms with Crippen molar-refractivity contribution in [3.63, 3.8) is 0 Å². The number of halogens is 10. The number of aliphatic hydroxyl groups excluding tert-OH is 5. The summed E-state index contributed by atoms with van der Waals surface area (Å²) in [7, 11) is -10.1. The number of carbonyl (C=O) groups is 3. The van der Waals surface area contributed by atoms with Crippen LogP contribution in [0, 0.1) is 11.8 Å². The summed E-state index contributed by atoms with van der Waals surface area (Å²) in [4.78, 5) is 97.1. The van der Waals surface area contributed by atoms with Crippen molar-refractivity contribution in [3.05, 3.63) is 80.5 Å². The maximum absolute atomic E-state index is 11.9. The van der Waals surface area contributed by atoms with Crippen LogP contribution in [-0.4, -0.2) is 229 Å². The van der Waals surface area contributed by atoms with Crippen molar-refractivity contribution in [2.45, 2.75) is 237 Å². The van der Waals surface area contributed by atoms with E-state index in [0.29, 0.717) is 71.8 Å². The lowest BCUT2D eigenvalue weighted by atomic mass is 9.98. The average molecular weight is 2010 g/mol. The highest BCUT2D eigenvalue weighted by Gasteiger charge is 2.49. The second-order valence-corrected chi connectivity index (χ2v) is 54.1. The largest absolute Gasteiger partial charge is 0.457 e. The first-order valence-corrected chi connectivity index (χ1v) is 55.5. The molecule has 0 spiro atoms. The van der Waals surface area contributed by atoms with E-state index in [1.54, 1.807) is 40.0 Å². The molecule has 37 nitrogen and oxygen atoms in total. The number of fused-ring (bicyclic) bond motifs is 4. The molecule has 2 saturated carbocycles. The Hall–Kier alpha value is -3.99. The number of aliphatic hydroxyl groups is 5. The van der Waals surface area contributed by atoms with Crippen LogP contribution in [0.4, 0.5) is 11.6 Å². The molecule has 17 atom stereocenters. The monoisotopic (exact) mass is 2000 g/mol. The number of pyridine rings is 4. The molecular formula is C70H98Cl10N14O23P4Si. The number of imidazole rings is 4. The lowest BCUT2D eigenvalue weighted by Gasteiger charge is -2.22. The highest BCUT2D eigenvalue weighted by Crippen LogP contribution is 2.72. The summed E-state index contributed by atoms with van der Waals surface area (Å²) in [5, 5.41) is 58.9. The number of anilines is 2. The Morgan fingerprint density at radius 2 is 0.910 bits per heavy atom. The summed E-state index contributed by atoms with van der Waals surface area (Å²) in [5.41, 5.74) is 4.95. The molecule has 122 heavy (non-hydrogen) atoms. The van der Waals surface area contributed by atoms with Gasteiger partial charge in [0.2, 0.25) is 6.29 Å². The molecule has 6 fully saturated rings. The number of aromatic nitrogens is 12. The van der Waals surface area contributed by atoms with E-state index in [9.17, 15) is 63.1 Å². The fraction of sp³-hybridized carbons (Fsp3) is 0.614.